The number of furan rings is 1. The van der Waals surface area contributed by atoms with E-state index in [9.17, 15) is 9.59 Å². The van der Waals surface area contributed by atoms with Gasteiger partial charge in [0.1, 0.15) is 5.76 Å². The van der Waals surface area contributed by atoms with Gasteiger partial charge in [0.05, 0.1) is 5.69 Å². The van der Waals surface area contributed by atoms with Gasteiger partial charge in [-0.05, 0) is 66.7 Å². The van der Waals surface area contributed by atoms with Crippen molar-refractivity contribution in [2.75, 3.05) is 5.32 Å². The average molecular weight is 473 g/mol. The average Bonchev–Trinajstić information content (AvgIpc) is 3.18. The SMILES string of the molecule is CCc1ccc(C(=O)NC(=S)Nc2cc(Br)ccc2-c2ccc(C(=O)O)o2)cc1. The van der Waals surface area contributed by atoms with Gasteiger partial charge in [0.15, 0.2) is 5.11 Å². The van der Waals surface area contributed by atoms with Gasteiger partial charge >= 0.3 is 5.97 Å². The minimum atomic E-state index is -1.15. The van der Waals surface area contributed by atoms with Crippen LogP contribution in [0.5, 0.6) is 0 Å². The lowest BCUT2D eigenvalue weighted by Gasteiger charge is -2.13. The molecule has 0 aliphatic heterocycles. The highest BCUT2D eigenvalue weighted by molar-refractivity contribution is 9.10. The maximum absolute atomic E-state index is 12.4. The predicted octanol–water partition coefficient (Wildman–Crippen LogP) is 5.10. The monoisotopic (exact) mass is 472 g/mol. The molecule has 0 unspecified atom stereocenters. The Balaban J connectivity index is 1.77. The number of carboxylic acid groups (broad SMARTS) is 1. The Hall–Kier alpha value is -2.97. The Bertz CT molecular complexity index is 1080. The molecule has 8 heteroatoms. The van der Waals surface area contributed by atoms with Crippen molar-refractivity contribution < 1.29 is 19.1 Å². The van der Waals surface area contributed by atoms with Gasteiger partial charge in [0, 0.05) is 15.6 Å². The minimum Gasteiger partial charge on any atom is -0.475 e. The molecule has 1 heterocycles. The van der Waals surface area contributed by atoms with E-state index in [1.807, 2.05) is 19.1 Å². The van der Waals surface area contributed by atoms with Gasteiger partial charge in [-0.3, -0.25) is 10.1 Å². The number of hydrogen-bond donors (Lipinski definition) is 3. The van der Waals surface area contributed by atoms with E-state index in [2.05, 4.69) is 26.6 Å². The van der Waals surface area contributed by atoms with Gasteiger partial charge in [-0.1, -0.05) is 35.0 Å². The summed E-state index contributed by atoms with van der Waals surface area (Å²) in [7, 11) is 0. The van der Waals surface area contributed by atoms with Gasteiger partial charge in [-0.2, -0.15) is 0 Å². The molecular weight excluding hydrogens is 456 g/mol. The van der Waals surface area contributed by atoms with E-state index in [4.69, 9.17) is 21.7 Å². The Labute approximate surface area is 181 Å². The first-order valence-corrected chi connectivity index (χ1v) is 9.92. The Morgan fingerprint density at radius 1 is 1.10 bits per heavy atom. The number of carbonyl (C=O) groups excluding carboxylic acids is 1. The van der Waals surface area contributed by atoms with Crippen LogP contribution in [-0.4, -0.2) is 22.1 Å². The van der Waals surface area contributed by atoms with Gasteiger partial charge in [-0.25, -0.2) is 4.79 Å². The quantitative estimate of drug-likeness (QED) is 0.447. The van der Waals surface area contributed by atoms with Crippen LogP contribution in [0, 0.1) is 0 Å². The fourth-order valence-electron chi connectivity index (χ4n) is 2.65. The first kappa shape index (κ1) is 20.8. The predicted molar refractivity (Wildman–Crippen MR) is 118 cm³/mol. The highest BCUT2D eigenvalue weighted by Gasteiger charge is 2.15. The fourth-order valence-corrected chi connectivity index (χ4v) is 3.22. The summed E-state index contributed by atoms with van der Waals surface area (Å²) in [5, 5.41) is 14.8. The second-order valence-corrected chi connectivity index (χ2v) is 7.44. The summed E-state index contributed by atoms with van der Waals surface area (Å²) in [5.74, 6) is -1.28. The van der Waals surface area contributed by atoms with Crippen molar-refractivity contribution in [3.05, 3.63) is 76.0 Å². The summed E-state index contributed by atoms with van der Waals surface area (Å²) in [6, 6.07) is 15.5. The molecule has 0 saturated carbocycles. The van der Waals surface area contributed by atoms with Crippen molar-refractivity contribution in [3.8, 4) is 11.3 Å². The lowest BCUT2D eigenvalue weighted by Crippen LogP contribution is -2.34. The van der Waals surface area contributed by atoms with Crippen molar-refractivity contribution in [3.63, 3.8) is 0 Å². The third-order valence-electron chi connectivity index (χ3n) is 4.16. The highest BCUT2D eigenvalue weighted by atomic mass is 79.9. The van der Waals surface area contributed by atoms with Crippen LogP contribution in [0.2, 0.25) is 0 Å². The number of thiocarbonyl (C=S) groups is 1. The first-order valence-electron chi connectivity index (χ1n) is 8.71. The Kier molecular flexibility index (Phi) is 6.46. The van der Waals surface area contributed by atoms with Crippen LogP contribution in [0.4, 0.5) is 5.69 Å². The first-order chi connectivity index (χ1) is 13.9. The number of halogens is 1. The standard InChI is InChI=1S/C21H17BrN2O4S/c1-2-12-3-5-13(6-4-12)19(25)24-21(29)23-16-11-14(22)7-8-15(16)17-9-10-18(28-17)20(26)27/h3-11H,2H2,1H3,(H,26,27)(H2,23,24,25,29). The van der Waals surface area contributed by atoms with Crippen LogP contribution in [0.3, 0.4) is 0 Å². The third-order valence-corrected chi connectivity index (χ3v) is 4.86. The number of hydrogen-bond acceptors (Lipinski definition) is 4. The number of anilines is 1. The summed E-state index contributed by atoms with van der Waals surface area (Å²) in [4.78, 5) is 23.5. The zero-order valence-corrected chi connectivity index (χ0v) is 17.8. The van der Waals surface area contributed by atoms with Crippen LogP contribution in [0.25, 0.3) is 11.3 Å². The molecule has 0 bridgehead atoms. The smallest absolute Gasteiger partial charge is 0.371 e. The summed E-state index contributed by atoms with van der Waals surface area (Å²) < 4.78 is 6.16. The van der Waals surface area contributed by atoms with Gasteiger partial charge in [0.2, 0.25) is 5.76 Å². The summed E-state index contributed by atoms with van der Waals surface area (Å²) in [6.45, 7) is 2.04. The van der Waals surface area contributed by atoms with Crippen molar-refractivity contribution in [2.45, 2.75) is 13.3 Å². The second kappa shape index (κ2) is 9.02. The lowest BCUT2D eigenvalue weighted by atomic mass is 10.1. The molecule has 0 aliphatic carbocycles. The molecule has 1 aromatic heterocycles. The summed E-state index contributed by atoms with van der Waals surface area (Å²) in [5.41, 5.74) is 2.79. The zero-order chi connectivity index (χ0) is 21.0. The van der Waals surface area contributed by atoms with E-state index in [0.717, 1.165) is 16.5 Å². The maximum atomic E-state index is 12.4. The van der Waals surface area contributed by atoms with Crippen LogP contribution >= 0.6 is 28.1 Å². The molecule has 3 rings (SSSR count). The van der Waals surface area contributed by atoms with E-state index in [0.29, 0.717) is 22.6 Å². The molecule has 148 valence electrons. The van der Waals surface area contributed by atoms with Gasteiger partial charge in [0.25, 0.3) is 5.91 Å². The van der Waals surface area contributed by atoms with E-state index >= 15 is 0 Å². The molecule has 0 spiro atoms. The normalized spacial score (nSPS) is 10.4. The summed E-state index contributed by atoms with van der Waals surface area (Å²) >= 11 is 8.67. The number of amides is 1. The molecule has 0 radical (unpaired) electrons. The Morgan fingerprint density at radius 3 is 2.45 bits per heavy atom. The van der Waals surface area contributed by atoms with Crippen LogP contribution in [0.1, 0.15) is 33.4 Å². The van der Waals surface area contributed by atoms with Crippen LogP contribution in [-0.2, 0) is 6.42 Å². The highest BCUT2D eigenvalue weighted by Crippen LogP contribution is 2.32. The summed E-state index contributed by atoms with van der Waals surface area (Å²) in [6.07, 6.45) is 0.893. The number of aromatic carboxylic acids is 1. The maximum Gasteiger partial charge on any atom is 0.371 e. The van der Waals surface area contributed by atoms with Gasteiger partial charge < -0.3 is 14.8 Å². The molecule has 1 amide bonds. The molecule has 3 aromatic rings. The zero-order valence-electron chi connectivity index (χ0n) is 15.4. The molecule has 6 nitrogen and oxygen atoms in total. The fraction of sp³-hybridized carbons (Fsp3) is 0.0952. The van der Waals surface area contributed by atoms with Crippen molar-refractivity contribution in [1.82, 2.24) is 5.32 Å². The van der Waals surface area contributed by atoms with Crippen molar-refractivity contribution in [2.24, 2.45) is 0 Å². The molecular formula is C21H17BrN2O4S. The third kappa shape index (κ3) is 5.10. The number of aryl methyl sites for hydroxylation is 1. The largest absolute Gasteiger partial charge is 0.475 e. The van der Waals surface area contributed by atoms with E-state index < -0.39 is 5.97 Å². The van der Waals surface area contributed by atoms with Crippen molar-refractivity contribution >= 4 is 50.8 Å². The Morgan fingerprint density at radius 2 is 1.83 bits per heavy atom. The molecule has 0 atom stereocenters. The molecule has 0 aliphatic rings. The molecule has 0 fully saturated rings. The molecule has 3 N–H and O–H groups in total. The molecule has 29 heavy (non-hydrogen) atoms. The van der Waals surface area contributed by atoms with Crippen molar-refractivity contribution in [1.29, 1.82) is 0 Å². The second-order valence-electron chi connectivity index (χ2n) is 6.12. The molecule has 2 aromatic carbocycles. The topological polar surface area (TPSA) is 91.6 Å². The molecule has 0 saturated heterocycles. The number of rotatable bonds is 5. The van der Waals surface area contributed by atoms with E-state index in [1.54, 1.807) is 36.4 Å². The lowest BCUT2D eigenvalue weighted by molar-refractivity contribution is 0.0663. The number of nitrogens with one attached hydrogen (secondary N) is 2. The minimum absolute atomic E-state index is 0.110. The van der Waals surface area contributed by atoms with Gasteiger partial charge in [-0.15, -0.1) is 0 Å². The van der Waals surface area contributed by atoms with E-state index in [1.165, 1.54) is 6.07 Å². The van der Waals surface area contributed by atoms with Crippen LogP contribution in [0.15, 0.2) is 63.5 Å². The van der Waals surface area contributed by atoms with E-state index in [-0.39, 0.29) is 16.8 Å². The number of carbonyl (C=O) groups is 2. The van der Waals surface area contributed by atoms with Crippen LogP contribution < -0.4 is 10.6 Å². The number of carboxylic acids is 1. The number of benzene rings is 2.